The fourth-order valence-corrected chi connectivity index (χ4v) is 4.06. The van der Waals surface area contributed by atoms with E-state index in [4.69, 9.17) is 0 Å². The lowest BCUT2D eigenvalue weighted by Gasteiger charge is -2.23. The van der Waals surface area contributed by atoms with Gasteiger partial charge in [0.15, 0.2) is 11.0 Å². The lowest BCUT2D eigenvalue weighted by Crippen LogP contribution is -2.36. The number of benzene rings is 1. The van der Waals surface area contributed by atoms with Gasteiger partial charge >= 0.3 is 0 Å². The predicted molar refractivity (Wildman–Crippen MR) is 102 cm³/mol. The SMILES string of the molecule is CN(C(=O)C1(Sc2nnc(-c3ccncc3)n2C)CC1)c1ccccc1. The van der Waals surface area contributed by atoms with Crippen LogP contribution in [0.2, 0.25) is 0 Å². The molecule has 7 heteroatoms. The van der Waals surface area contributed by atoms with Gasteiger partial charge in [-0.15, -0.1) is 10.2 Å². The molecule has 0 unspecified atom stereocenters. The summed E-state index contributed by atoms with van der Waals surface area (Å²) in [5.74, 6) is 0.886. The molecule has 0 spiro atoms. The Balaban J connectivity index is 1.56. The first-order chi connectivity index (χ1) is 12.6. The van der Waals surface area contributed by atoms with Crippen molar-refractivity contribution in [1.82, 2.24) is 19.7 Å². The van der Waals surface area contributed by atoms with Crippen molar-refractivity contribution in [3.05, 3.63) is 54.9 Å². The van der Waals surface area contributed by atoms with E-state index in [1.165, 1.54) is 11.8 Å². The highest BCUT2D eigenvalue weighted by Crippen LogP contribution is 2.52. The van der Waals surface area contributed by atoms with E-state index in [0.29, 0.717) is 0 Å². The Kier molecular flexibility index (Phi) is 4.24. The summed E-state index contributed by atoms with van der Waals surface area (Å²) in [5, 5.41) is 9.37. The molecule has 0 radical (unpaired) electrons. The first-order valence-electron chi connectivity index (χ1n) is 8.43. The third-order valence-electron chi connectivity index (χ3n) is 4.60. The molecule has 1 fully saturated rings. The molecule has 0 bridgehead atoms. The fourth-order valence-electron chi connectivity index (χ4n) is 2.88. The number of hydrogen-bond acceptors (Lipinski definition) is 5. The lowest BCUT2D eigenvalue weighted by atomic mass is 10.2. The highest BCUT2D eigenvalue weighted by Gasteiger charge is 2.53. The second-order valence-corrected chi connectivity index (χ2v) is 7.75. The van der Waals surface area contributed by atoms with E-state index in [1.54, 1.807) is 17.3 Å². The van der Waals surface area contributed by atoms with Gasteiger partial charge in [0, 0.05) is 37.7 Å². The highest BCUT2D eigenvalue weighted by molar-refractivity contribution is 8.01. The van der Waals surface area contributed by atoms with E-state index in [-0.39, 0.29) is 5.91 Å². The summed E-state index contributed by atoms with van der Waals surface area (Å²) in [5.41, 5.74) is 1.86. The molecule has 26 heavy (non-hydrogen) atoms. The van der Waals surface area contributed by atoms with Crippen molar-refractivity contribution in [3.63, 3.8) is 0 Å². The van der Waals surface area contributed by atoms with E-state index in [0.717, 1.165) is 35.1 Å². The molecular formula is C19H19N5OS. The van der Waals surface area contributed by atoms with Gasteiger partial charge in [-0.25, -0.2) is 0 Å². The molecule has 3 aromatic rings. The van der Waals surface area contributed by atoms with Gasteiger partial charge in [-0.1, -0.05) is 30.0 Å². The molecule has 0 aliphatic heterocycles. The van der Waals surface area contributed by atoms with Crippen LogP contribution < -0.4 is 4.90 Å². The van der Waals surface area contributed by atoms with Crippen LogP contribution in [-0.4, -0.2) is 37.5 Å². The van der Waals surface area contributed by atoms with Crippen LogP contribution in [-0.2, 0) is 11.8 Å². The summed E-state index contributed by atoms with van der Waals surface area (Å²) in [4.78, 5) is 18.8. The van der Waals surface area contributed by atoms with Gasteiger partial charge in [-0.2, -0.15) is 0 Å². The number of hydrogen-bond donors (Lipinski definition) is 0. The molecule has 1 amide bonds. The monoisotopic (exact) mass is 365 g/mol. The molecule has 0 atom stereocenters. The number of rotatable bonds is 5. The van der Waals surface area contributed by atoms with E-state index in [1.807, 2.05) is 61.1 Å². The maximum Gasteiger partial charge on any atom is 0.243 e. The van der Waals surface area contributed by atoms with Crippen molar-refractivity contribution >= 4 is 23.4 Å². The van der Waals surface area contributed by atoms with Crippen molar-refractivity contribution in [2.75, 3.05) is 11.9 Å². The quantitative estimate of drug-likeness (QED) is 0.695. The van der Waals surface area contributed by atoms with Crippen molar-refractivity contribution in [2.24, 2.45) is 7.05 Å². The third-order valence-corrected chi connectivity index (χ3v) is 6.11. The largest absolute Gasteiger partial charge is 0.314 e. The third kappa shape index (κ3) is 2.99. The van der Waals surface area contributed by atoms with Crippen LogP contribution in [0.3, 0.4) is 0 Å². The Hall–Kier alpha value is -2.67. The van der Waals surface area contributed by atoms with E-state index < -0.39 is 4.75 Å². The van der Waals surface area contributed by atoms with Gasteiger partial charge < -0.3 is 9.47 Å². The van der Waals surface area contributed by atoms with Crippen molar-refractivity contribution in [3.8, 4) is 11.4 Å². The number of carbonyl (C=O) groups excluding carboxylic acids is 1. The topological polar surface area (TPSA) is 63.9 Å². The first-order valence-corrected chi connectivity index (χ1v) is 9.24. The van der Waals surface area contributed by atoms with E-state index in [2.05, 4.69) is 15.2 Å². The normalized spacial score (nSPS) is 14.8. The van der Waals surface area contributed by atoms with Gasteiger partial charge in [0.25, 0.3) is 0 Å². The molecular weight excluding hydrogens is 346 g/mol. The standard InChI is InChI=1S/C19H19N5OS/c1-23(15-6-4-3-5-7-15)17(25)19(10-11-19)26-18-22-21-16(24(18)2)14-8-12-20-13-9-14/h3-9,12-13H,10-11H2,1-2H3. The maximum absolute atomic E-state index is 13.1. The molecule has 1 saturated carbocycles. The lowest BCUT2D eigenvalue weighted by molar-refractivity contribution is -0.118. The molecule has 0 saturated heterocycles. The average molecular weight is 365 g/mol. The summed E-state index contributed by atoms with van der Waals surface area (Å²) in [6.07, 6.45) is 5.17. The first kappa shape index (κ1) is 16.8. The molecule has 0 N–H and O–H groups in total. The van der Waals surface area contributed by atoms with Crippen LogP contribution in [0.5, 0.6) is 0 Å². The van der Waals surface area contributed by atoms with Crippen molar-refractivity contribution < 1.29 is 4.79 Å². The maximum atomic E-state index is 13.1. The number of carbonyl (C=O) groups is 1. The number of amides is 1. The number of anilines is 1. The predicted octanol–water partition coefficient (Wildman–Crippen LogP) is 3.16. The molecule has 1 aliphatic carbocycles. The molecule has 1 aromatic carbocycles. The van der Waals surface area contributed by atoms with E-state index in [9.17, 15) is 4.79 Å². The minimum atomic E-state index is -0.444. The molecule has 4 rings (SSSR count). The Labute approximate surface area is 156 Å². The van der Waals surface area contributed by atoms with E-state index >= 15 is 0 Å². The highest BCUT2D eigenvalue weighted by atomic mass is 32.2. The second-order valence-electron chi connectivity index (χ2n) is 6.40. The van der Waals surface area contributed by atoms with Crippen molar-refractivity contribution in [2.45, 2.75) is 22.7 Å². The zero-order valence-electron chi connectivity index (χ0n) is 14.7. The van der Waals surface area contributed by atoms with Crippen LogP contribution in [0.15, 0.2) is 60.0 Å². The van der Waals surface area contributed by atoms with Crippen LogP contribution in [0.1, 0.15) is 12.8 Å². The van der Waals surface area contributed by atoms with Gasteiger partial charge in [0.1, 0.15) is 4.75 Å². The van der Waals surface area contributed by atoms with Gasteiger partial charge in [-0.05, 0) is 37.1 Å². The van der Waals surface area contributed by atoms with Crippen LogP contribution >= 0.6 is 11.8 Å². The van der Waals surface area contributed by atoms with Gasteiger partial charge in [0.2, 0.25) is 5.91 Å². The zero-order valence-corrected chi connectivity index (χ0v) is 15.5. The number of para-hydroxylation sites is 1. The summed E-state index contributed by atoms with van der Waals surface area (Å²) >= 11 is 1.51. The number of aromatic nitrogens is 4. The summed E-state index contributed by atoms with van der Waals surface area (Å²) in [7, 11) is 3.76. The Morgan fingerprint density at radius 3 is 2.46 bits per heavy atom. The molecule has 2 aromatic heterocycles. The summed E-state index contributed by atoms with van der Waals surface area (Å²) < 4.78 is 1.50. The van der Waals surface area contributed by atoms with Crippen LogP contribution in [0.25, 0.3) is 11.4 Å². The summed E-state index contributed by atoms with van der Waals surface area (Å²) in [6, 6.07) is 13.5. The number of nitrogens with zero attached hydrogens (tertiary/aromatic N) is 5. The number of thioether (sulfide) groups is 1. The molecule has 132 valence electrons. The molecule has 2 heterocycles. The molecule has 1 aliphatic rings. The zero-order chi connectivity index (χ0) is 18.1. The average Bonchev–Trinajstić information content (AvgIpc) is 3.39. The smallest absolute Gasteiger partial charge is 0.243 e. The van der Waals surface area contributed by atoms with Crippen LogP contribution in [0, 0.1) is 0 Å². The fraction of sp³-hybridized carbons (Fsp3) is 0.263. The molecule has 6 nitrogen and oxygen atoms in total. The van der Waals surface area contributed by atoms with Crippen molar-refractivity contribution in [1.29, 1.82) is 0 Å². The van der Waals surface area contributed by atoms with Gasteiger partial charge in [0.05, 0.1) is 0 Å². The van der Waals surface area contributed by atoms with Gasteiger partial charge in [-0.3, -0.25) is 9.78 Å². The van der Waals surface area contributed by atoms with Crippen LogP contribution in [0.4, 0.5) is 5.69 Å². The number of pyridine rings is 1. The Morgan fingerprint density at radius 2 is 1.81 bits per heavy atom. The Bertz CT molecular complexity index is 922. The Morgan fingerprint density at radius 1 is 1.12 bits per heavy atom. The summed E-state index contributed by atoms with van der Waals surface area (Å²) in [6.45, 7) is 0. The minimum absolute atomic E-state index is 0.113. The second kappa shape index (κ2) is 6.57. The minimum Gasteiger partial charge on any atom is -0.314 e.